The van der Waals surface area contributed by atoms with Gasteiger partial charge in [-0.1, -0.05) is 12.1 Å². The molecule has 0 atom stereocenters. The average Bonchev–Trinajstić information content (AvgIpc) is 2.77. The number of imidazole rings is 1. The third-order valence-electron chi connectivity index (χ3n) is 3.26. The summed E-state index contributed by atoms with van der Waals surface area (Å²) in [6, 6.07) is 13.3. The van der Waals surface area contributed by atoms with E-state index in [1.54, 1.807) is 11.7 Å². The summed E-state index contributed by atoms with van der Waals surface area (Å²) in [4.78, 5) is 15.0. The van der Waals surface area contributed by atoms with Gasteiger partial charge < -0.3 is 9.72 Å². The molecule has 3 aromatic rings. The Bertz CT molecular complexity index is 782. The fraction of sp³-hybridized carbons (Fsp3) is 0.133. The molecular formula is C15H14N2O2. The SMILES string of the molecule is COc1ccc(-n2c(=O)[nH]c3c(C)cccc32)cc1. The molecule has 0 amide bonds. The highest BCUT2D eigenvalue weighted by atomic mass is 16.5. The van der Waals surface area contributed by atoms with Crippen molar-refractivity contribution in [2.75, 3.05) is 7.11 Å². The van der Waals surface area contributed by atoms with Gasteiger partial charge in [0.2, 0.25) is 0 Å². The highest BCUT2D eigenvalue weighted by Gasteiger charge is 2.09. The van der Waals surface area contributed by atoms with Gasteiger partial charge in [0.15, 0.2) is 0 Å². The van der Waals surface area contributed by atoms with Gasteiger partial charge in [0, 0.05) is 0 Å². The number of benzene rings is 2. The van der Waals surface area contributed by atoms with Crippen LogP contribution in [0, 0.1) is 6.92 Å². The predicted octanol–water partition coefficient (Wildman–Crippen LogP) is 2.64. The summed E-state index contributed by atoms with van der Waals surface area (Å²) in [5.74, 6) is 0.771. The van der Waals surface area contributed by atoms with Gasteiger partial charge in [-0.15, -0.1) is 0 Å². The lowest BCUT2D eigenvalue weighted by atomic mass is 10.2. The minimum Gasteiger partial charge on any atom is -0.497 e. The molecule has 4 nitrogen and oxygen atoms in total. The lowest BCUT2D eigenvalue weighted by Crippen LogP contribution is -2.14. The van der Waals surface area contributed by atoms with E-state index < -0.39 is 0 Å². The van der Waals surface area contributed by atoms with Crippen LogP contribution in [0.25, 0.3) is 16.7 Å². The zero-order valence-electron chi connectivity index (χ0n) is 10.8. The molecule has 1 heterocycles. The summed E-state index contributed by atoms with van der Waals surface area (Å²) in [5, 5.41) is 0. The molecule has 1 N–H and O–H groups in total. The van der Waals surface area contributed by atoms with Crippen molar-refractivity contribution < 1.29 is 4.74 Å². The van der Waals surface area contributed by atoms with Crippen molar-refractivity contribution in [1.82, 2.24) is 9.55 Å². The van der Waals surface area contributed by atoms with Crippen molar-refractivity contribution in [2.45, 2.75) is 6.92 Å². The maximum absolute atomic E-state index is 12.1. The normalized spacial score (nSPS) is 10.8. The van der Waals surface area contributed by atoms with Gasteiger partial charge in [-0.3, -0.25) is 4.57 Å². The van der Waals surface area contributed by atoms with Crippen LogP contribution in [0.5, 0.6) is 5.75 Å². The molecule has 0 fully saturated rings. The molecule has 0 aliphatic heterocycles. The molecule has 4 heteroatoms. The van der Waals surface area contributed by atoms with E-state index in [4.69, 9.17) is 4.74 Å². The molecule has 0 spiro atoms. The number of fused-ring (bicyclic) bond motifs is 1. The zero-order chi connectivity index (χ0) is 13.4. The molecule has 0 saturated carbocycles. The number of nitrogens with zero attached hydrogens (tertiary/aromatic N) is 1. The van der Waals surface area contributed by atoms with Gasteiger partial charge in [-0.25, -0.2) is 4.79 Å². The highest BCUT2D eigenvalue weighted by Crippen LogP contribution is 2.20. The summed E-state index contributed by atoms with van der Waals surface area (Å²) >= 11 is 0. The Hall–Kier alpha value is -2.49. The second-order valence-electron chi connectivity index (χ2n) is 4.43. The van der Waals surface area contributed by atoms with E-state index in [1.807, 2.05) is 49.4 Å². The van der Waals surface area contributed by atoms with Crippen LogP contribution in [0.4, 0.5) is 0 Å². The molecule has 0 aliphatic carbocycles. The van der Waals surface area contributed by atoms with E-state index in [2.05, 4.69) is 4.98 Å². The van der Waals surface area contributed by atoms with Crippen molar-refractivity contribution in [3.63, 3.8) is 0 Å². The first-order chi connectivity index (χ1) is 9.20. The van der Waals surface area contributed by atoms with E-state index in [1.165, 1.54) is 0 Å². The number of ether oxygens (including phenoxy) is 1. The van der Waals surface area contributed by atoms with Crippen molar-refractivity contribution in [1.29, 1.82) is 0 Å². The van der Waals surface area contributed by atoms with Crippen molar-refractivity contribution in [3.8, 4) is 11.4 Å². The van der Waals surface area contributed by atoms with Crippen LogP contribution in [-0.2, 0) is 0 Å². The first-order valence-corrected chi connectivity index (χ1v) is 6.05. The van der Waals surface area contributed by atoms with Gasteiger partial charge >= 0.3 is 5.69 Å². The van der Waals surface area contributed by atoms with Crippen molar-refractivity contribution in [3.05, 3.63) is 58.5 Å². The summed E-state index contributed by atoms with van der Waals surface area (Å²) in [7, 11) is 1.62. The number of aromatic amines is 1. The van der Waals surface area contributed by atoms with Gasteiger partial charge in [-0.05, 0) is 42.8 Å². The largest absolute Gasteiger partial charge is 0.497 e. The summed E-state index contributed by atoms with van der Waals surface area (Å²) in [6.07, 6.45) is 0. The van der Waals surface area contributed by atoms with E-state index in [0.717, 1.165) is 28.0 Å². The molecule has 0 radical (unpaired) electrons. The molecular weight excluding hydrogens is 240 g/mol. The van der Waals surface area contributed by atoms with Gasteiger partial charge in [0.25, 0.3) is 0 Å². The monoisotopic (exact) mass is 254 g/mol. The smallest absolute Gasteiger partial charge is 0.331 e. The molecule has 0 unspecified atom stereocenters. The van der Waals surface area contributed by atoms with E-state index in [-0.39, 0.29) is 5.69 Å². The number of hydrogen-bond donors (Lipinski definition) is 1. The van der Waals surface area contributed by atoms with Crippen LogP contribution in [-0.4, -0.2) is 16.7 Å². The van der Waals surface area contributed by atoms with Crippen LogP contribution in [0.3, 0.4) is 0 Å². The highest BCUT2D eigenvalue weighted by molar-refractivity contribution is 5.80. The molecule has 1 aromatic heterocycles. The minimum atomic E-state index is -0.130. The average molecular weight is 254 g/mol. The summed E-state index contributed by atoms with van der Waals surface area (Å²) in [5.41, 5.74) is 3.51. The molecule has 2 aromatic carbocycles. The molecule has 0 saturated heterocycles. The molecule has 19 heavy (non-hydrogen) atoms. The maximum Gasteiger partial charge on any atom is 0.331 e. The van der Waals surface area contributed by atoms with Gasteiger partial charge in [0.1, 0.15) is 5.75 Å². The summed E-state index contributed by atoms with van der Waals surface area (Å²) in [6.45, 7) is 1.98. The van der Waals surface area contributed by atoms with Crippen LogP contribution in [0.1, 0.15) is 5.56 Å². The van der Waals surface area contributed by atoms with E-state index in [0.29, 0.717) is 0 Å². The Morgan fingerprint density at radius 1 is 1.11 bits per heavy atom. The number of para-hydroxylation sites is 1. The minimum absolute atomic E-state index is 0.130. The predicted molar refractivity (Wildman–Crippen MR) is 75.2 cm³/mol. The molecule has 0 bridgehead atoms. The molecule has 3 rings (SSSR count). The number of rotatable bonds is 2. The third-order valence-corrected chi connectivity index (χ3v) is 3.26. The van der Waals surface area contributed by atoms with Crippen molar-refractivity contribution in [2.24, 2.45) is 0 Å². The van der Waals surface area contributed by atoms with Crippen LogP contribution >= 0.6 is 0 Å². The lowest BCUT2D eigenvalue weighted by molar-refractivity contribution is 0.414. The van der Waals surface area contributed by atoms with Gasteiger partial charge in [0.05, 0.1) is 23.8 Å². The van der Waals surface area contributed by atoms with Gasteiger partial charge in [-0.2, -0.15) is 0 Å². The third kappa shape index (κ3) is 1.81. The topological polar surface area (TPSA) is 47.0 Å². The maximum atomic E-state index is 12.1. The molecule has 96 valence electrons. The summed E-state index contributed by atoms with van der Waals surface area (Å²) < 4.78 is 6.80. The number of aryl methyl sites for hydroxylation is 1. The zero-order valence-corrected chi connectivity index (χ0v) is 10.8. The number of methoxy groups -OCH3 is 1. The number of aromatic nitrogens is 2. The van der Waals surface area contributed by atoms with Crippen LogP contribution < -0.4 is 10.4 Å². The second-order valence-corrected chi connectivity index (χ2v) is 4.43. The number of H-pyrrole nitrogens is 1. The fourth-order valence-corrected chi connectivity index (χ4v) is 2.26. The van der Waals surface area contributed by atoms with Crippen molar-refractivity contribution >= 4 is 11.0 Å². The van der Waals surface area contributed by atoms with Crippen LogP contribution in [0.2, 0.25) is 0 Å². The lowest BCUT2D eigenvalue weighted by Gasteiger charge is -2.05. The molecule has 0 aliphatic rings. The standard InChI is InChI=1S/C15H14N2O2/c1-10-4-3-5-13-14(10)16-15(18)17(13)11-6-8-12(19-2)9-7-11/h3-9H,1-2H3,(H,16,18). The Morgan fingerprint density at radius 2 is 1.84 bits per heavy atom. The number of hydrogen-bond acceptors (Lipinski definition) is 2. The fourth-order valence-electron chi connectivity index (χ4n) is 2.26. The Kier molecular flexibility index (Phi) is 2.63. The second kappa shape index (κ2) is 4.31. The first-order valence-electron chi connectivity index (χ1n) is 6.05. The Labute approximate surface area is 110 Å². The van der Waals surface area contributed by atoms with E-state index >= 15 is 0 Å². The first kappa shape index (κ1) is 11.6. The quantitative estimate of drug-likeness (QED) is 0.764. The number of nitrogens with one attached hydrogen (secondary N) is 1. The Morgan fingerprint density at radius 3 is 2.53 bits per heavy atom. The van der Waals surface area contributed by atoms with E-state index in [9.17, 15) is 4.79 Å². The Balaban J connectivity index is 2.27. The van der Waals surface area contributed by atoms with Crippen LogP contribution in [0.15, 0.2) is 47.3 Å².